The molecule has 0 aliphatic carbocycles. The third-order valence-corrected chi connectivity index (χ3v) is 8.85. The average Bonchev–Trinajstić information content (AvgIpc) is 3.47. The topological polar surface area (TPSA) is 199 Å². The predicted molar refractivity (Wildman–Crippen MR) is 146 cm³/mol. The van der Waals surface area contributed by atoms with Crippen molar-refractivity contribution in [1.29, 1.82) is 0 Å². The van der Waals surface area contributed by atoms with Crippen LogP contribution >= 0.6 is 6.72 Å². The Morgan fingerprint density at radius 1 is 1.02 bits per heavy atom. The first-order valence-corrected chi connectivity index (χ1v) is 15.0. The monoisotopic (exact) mass is 632 g/mol. The molecule has 19 heteroatoms. The van der Waals surface area contributed by atoms with E-state index in [4.69, 9.17) is 52.3 Å². The van der Waals surface area contributed by atoms with Crippen molar-refractivity contribution in [3.63, 3.8) is 0 Å². The molecule has 0 aromatic carbocycles. The van der Waals surface area contributed by atoms with Crippen molar-refractivity contribution in [3.8, 4) is 0 Å². The lowest BCUT2D eigenvalue weighted by Crippen LogP contribution is -2.39. The van der Waals surface area contributed by atoms with Gasteiger partial charge in [0.25, 0.3) is 11.1 Å². The third kappa shape index (κ3) is 6.87. The molecule has 2 aliphatic heterocycles. The molecule has 0 spiro atoms. The second-order valence-electron chi connectivity index (χ2n) is 9.08. The van der Waals surface area contributed by atoms with Crippen molar-refractivity contribution in [3.05, 3.63) is 77.6 Å². The molecule has 3 N–H and O–H groups in total. The molecule has 230 valence electrons. The number of rotatable bonds is 12. The van der Waals surface area contributed by atoms with Gasteiger partial charge in [0.1, 0.15) is 37.1 Å². The number of aromatic nitrogens is 4. The standard InChI is InChI=1S/C23H30N5O12PS/c1-12-17(19(35-4)21(38-12)28-9-6-15(30)26-23(28)33)40-41(42,36-10-7-24-2)37-11-13-16(31)18(34-3)20(39-13)27-8-5-14(29)25-22(27)32/h5-6,8-9,12-13,16-21,31H,7,10-11H2,1,3-4H3,(H,25,29,32)(H,26,30,33)/t12-,13-,16?,17?,18+,19+,20-,21-,41?/m1/s1/i1D. The van der Waals surface area contributed by atoms with Crippen LogP contribution in [0.3, 0.4) is 0 Å². The number of aliphatic hydroxyl groups is 1. The summed E-state index contributed by atoms with van der Waals surface area (Å²) < 4.78 is 50.5. The lowest BCUT2D eigenvalue weighted by molar-refractivity contribution is -0.0642. The zero-order chi connectivity index (χ0) is 31.3. The first-order chi connectivity index (χ1) is 20.5. The molecule has 0 radical (unpaired) electrons. The van der Waals surface area contributed by atoms with Crippen LogP contribution in [0.4, 0.5) is 0 Å². The minimum Gasteiger partial charge on any atom is -0.387 e. The summed E-state index contributed by atoms with van der Waals surface area (Å²) in [6, 6.07) is 2.23. The molecule has 2 aliphatic rings. The van der Waals surface area contributed by atoms with Gasteiger partial charge in [-0.15, -0.1) is 0 Å². The molecule has 2 saturated heterocycles. The highest BCUT2D eigenvalue weighted by Gasteiger charge is 2.49. The van der Waals surface area contributed by atoms with Crippen LogP contribution in [0.1, 0.15) is 20.7 Å². The third-order valence-electron chi connectivity index (χ3n) is 6.49. The van der Waals surface area contributed by atoms with Gasteiger partial charge in [-0.05, 0) is 18.7 Å². The number of methoxy groups -OCH3 is 2. The van der Waals surface area contributed by atoms with E-state index in [1.54, 1.807) is 0 Å². The number of nitrogens with zero attached hydrogens (tertiary/aromatic N) is 3. The Hall–Kier alpha value is -2.82. The van der Waals surface area contributed by atoms with Crippen LogP contribution in [0.25, 0.3) is 4.85 Å². The van der Waals surface area contributed by atoms with E-state index in [0.717, 1.165) is 21.3 Å². The highest BCUT2D eigenvalue weighted by Crippen LogP contribution is 2.54. The van der Waals surface area contributed by atoms with E-state index in [-0.39, 0.29) is 20.1 Å². The van der Waals surface area contributed by atoms with Gasteiger partial charge in [0.15, 0.2) is 12.5 Å². The Labute approximate surface area is 244 Å². The Kier molecular flexibility index (Phi) is 9.96. The zero-order valence-electron chi connectivity index (χ0n) is 23.4. The minimum absolute atomic E-state index is 0.0806. The zero-order valence-corrected chi connectivity index (χ0v) is 24.1. The van der Waals surface area contributed by atoms with E-state index in [2.05, 4.69) is 14.8 Å². The summed E-state index contributed by atoms with van der Waals surface area (Å²) in [6.45, 7) is 2.25. The summed E-state index contributed by atoms with van der Waals surface area (Å²) >= 11 is 5.63. The Morgan fingerprint density at radius 3 is 2.14 bits per heavy atom. The van der Waals surface area contributed by atoms with Crippen LogP contribution in [0, 0.1) is 6.57 Å². The fraction of sp³-hybridized carbons (Fsp3) is 0.609. The Balaban J connectivity index is 1.56. The maximum Gasteiger partial charge on any atom is 0.330 e. The Morgan fingerprint density at radius 2 is 1.62 bits per heavy atom. The molecule has 4 rings (SSSR count). The van der Waals surface area contributed by atoms with Crippen molar-refractivity contribution in [2.24, 2.45) is 0 Å². The van der Waals surface area contributed by atoms with Gasteiger partial charge < -0.3 is 37.9 Å². The largest absolute Gasteiger partial charge is 0.387 e. The van der Waals surface area contributed by atoms with E-state index in [9.17, 15) is 24.3 Å². The average molecular weight is 633 g/mol. The normalized spacial score (nSPS) is 31.0. The molecular weight excluding hydrogens is 601 g/mol. The molecule has 0 amide bonds. The smallest absolute Gasteiger partial charge is 0.330 e. The fourth-order valence-corrected chi connectivity index (χ4v) is 6.60. The van der Waals surface area contributed by atoms with Crippen LogP contribution in [-0.4, -0.2) is 94.8 Å². The summed E-state index contributed by atoms with van der Waals surface area (Å²) in [5.41, 5.74) is -2.79. The lowest BCUT2D eigenvalue weighted by Gasteiger charge is -2.29. The maximum atomic E-state index is 12.5. The molecule has 0 bridgehead atoms. The molecule has 42 heavy (non-hydrogen) atoms. The van der Waals surface area contributed by atoms with Gasteiger partial charge >= 0.3 is 18.1 Å². The second-order valence-corrected chi connectivity index (χ2v) is 12.0. The molecule has 3 unspecified atom stereocenters. The van der Waals surface area contributed by atoms with Crippen molar-refractivity contribution in [1.82, 2.24) is 19.1 Å². The van der Waals surface area contributed by atoms with Gasteiger partial charge in [-0.3, -0.25) is 33.2 Å². The van der Waals surface area contributed by atoms with Crippen molar-refractivity contribution in [2.45, 2.75) is 56.0 Å². The predicted octanol–water partition coefficient (Wildman–Crippen LogP) is -1.15. The van der Waals surface area contributed by atoms with Gasteiger partial charge in [0.2, 0.25) is 6.54 Å². The summed E-state index contributed by atoms with van der Waals surface area (Å²) in [5, 5.41) is 10.9. The van der Waals surface area contributed by atoms with Gasteiger partial charge in [-0.1, -0.05) is 0 Å². The lowest BCUT2D eigenvalue weighted by atomic mass is 10.1. The number of ether oxygens (including phenoxy) is 4. The van der Waals surface area contributed by atoms with Crippen LogP contribution in [0.2, 0.25) is 0 Å². The molecule has 0 saturated carbocycles. The number of nitrogens with one attached hydrogen (secondary N) is 2. The van der Waals surface area contributed by atoms with Crippen LogP contribution in [0.5, 0.6) is 0 Å². The van der Waals surface area contributed by atoms with Crippen molar-refractivity contribution in [2.75, 3.05) is 34.0 Å². The summed E-state index contributed by atoms with van der Waals surface area (Å²) in [5.74, 6) is 0. The Bertz CT molecular complexity index is 1590. The van der Waals surface area contributed by atoms with E-state index < -0.39 is 84.9 Å². The van der Waals surface area contributed by atoms with Crippen LogP contribution in [0.15, 0.2) is 43.7 Å². The van der Waals surface area contributed by atoms with E-state index in [0.29, 0.717) is 0 Å². The fourth-order valence-electron chi connectivity index (χ4n) is 4.51. The first-order valence-electron chi connectivity index (χ1n) is 13.1. The SMILES string of the molecule is [2H]C[C@H]1O[C@@H](n2ccc(=O)[nH]c2=O)[C@@H](OC)C1OP(=S)(OCC[N+]#[C-])OC[C@H]1O[C@@H](n2ccc(=O)[nH]c2=O)[C@@H](OC)C1O. The highest BCUT2D eigenvalue weighted by atomic mass is 32.5. The second kappa shape index (κ2) is 13.7. The minimum atomic E-state index is -3.80. The summed E-state index contributed by atoms with van der Waals surface area (Å²) in [7, 11) is 2.64. The van der Waals surface area contributed by atoms with Gasteiger partial charge in [-0.25, -0.2) is 16.2 Å². The molecule has 4 heterocycles. The maximum absolute atomic E-state index is 12.5. The van der Waals surface area contributed by atoms with Gasteiger partial charge in [-0.2, -0.15) is 0 Å². The number of H-pyrrole nitrogens is 2. The highest BCUT2D eigenvalue weighted by molar-refractivity contribution is 8.07. The van der Waals surface area contributed by atoms with Crippen LogP contribution in [-0.2, 0) is 44.3 Å². The number of aliphatic hydroxyl groups excluding tert-OH is 1. The van der Waals surface area contributed by atoms with Gasteiger partial charge in [0, 0.05) is 40.1 Å². The number of hydrogen-bond donors (Lipinski definition) is 3. The van der Waals surface area contributed by atoms with Crippen molar-refractivity contribution >= 4 is 18.5 Å². The number of aromatic amines is 2. The molecule has 9 atom stereocenters. The van der Waals surface area contributed by atoms with Crippen molar-refractivity contribution < 1.29 is 39.0 Å². The molecule has 2 fully saturated rings. The summed E-state index contributed by atoms with van der Waals surface area (Å²) in [6.07, 6.45) is -6.39. The van der Waals surface area contributed by atoms with E-state index in [1.807, 2.05) is 0 Å². The molecule has 2 aromatic heterocycles. The van der Waals surface area contributed by atoms with Gasteiger partial charge in [0.05, 0.1) is 12.7 Å². The first kappa shape index (κ1) is 30.6. The summed E-state index contributed by atoms with van der Waals surface area (Å²) in [4.78, 5) is 55.3. The molecular formula is C23H30N5O12PS. The molecule has 2 aromatic rings. The quantitative estimate of drug-likeness (QED) is 0.144. The molecule has 17 nitrogen and oxygen atoms in total. The van der Waals surface area contributed by atoms with E-state index >= 15 is 0 Å². The van der Waals surface area contributed by atoms with E-state index in [1.165, 1.54) is 26.6 Å². The number of hydrogen-bond acceptors (Lipinski definition) is 13. The van der Waals surface area contributed by atoms with Crippen LogP contribution < -0.4 is 22.5 Å².